The molecular formula is C11H16O3. The van der Waals surface area contributed by atoms with Crippen molar-refractivity contribution in [1.82, 2.24) is 0 Å². The van der Waals surface area contributed by atoms with Crippen LogP contribution in [0.1, 0.15) is 13.8 Å². The Labute approximate surface area is 84.6 Å². The Balaban J connectivity index is 0.000000461. The van der Waals surface area contributed by atoms with Crippen molar-refractivity contribution in [2.45, 2.75) is 13.8 Å². The Morgan fingerprint density at radius 2 is 1.71 bits per heavy atom. The Hall–Kier alpha value is -1.38. The van der Waals surface area contributed by atoms with Crippen molar-refractivity contribution in [1.29, 1.82) is 0 Å². The van der Waals surface area contributed by atoms with Gasteiger partial charge in [0.15, 0.2) is 11.5 Å². The minimum absolute atomic E-state index is 0.611. The van der Waals surface area contributed by atoms with Crippen LogP contribution in [-0.2, 0) is 0 Å². The monoisotopic (exact) mass is 196 g/mol. The second kappa shape index (κ2) is 5.37. The van der Waals surface area contributed by atoms with Crippen molar-refractivity contribution in [3.8, 4) is 17.2 Å². The Morgan fingerprint density at radius 1 is 1.07 bits per heavy atom. The second-order valence-electron chi connectivity index (χ2n) is 2.51. The van der Waals surface area contributed by atoms with E-state index < -0.39 is 0 Å². The number of benzene rings is 1. The van der Waals surface area contributed by atoms with E-state index in [-0.39, 0.29) is 0 Å². The molecule has 14 heavy (non-hydrogen) atoms. The first kappa shape index (κ1) is 10.7. The molecule has 2 rings (SSSR count). The molecule has 0 fully saturated rings. The maximum Gasteiger partial charge on any atom is 0.165 e. The van der Waals surface area contributed by atoms with Crippen LogP contribution < -0.4 is 14.2 Å². The van der Waals surface area contributed by atoms with Gasteiger partial charge in [0.2, 0.25) is 0 Å². The molecule has 0 N–H and O–H groups in total. The fraction of sp³-hybridized carbons (Fsp3) is 0.455. The first-order chi connectivity index (χ1) is 6.90. The van der Waals surface area contributed by atoms with Gasteiger partial charge in [-0.2, -0.15) is 0 Å². The van der Waals surface area contributed by atoms with E-state index in [0.717, 1.165) is 17.2 Å². The maximum absolute atomic E-state index is 5.36. The van der Waals surface area contributed by atoms with Crippen LogP contribution in [0.4, 0.5) is 0 Å². The topological polar surface area (TPSA) is 27.7 Å². The highest BCUT2D eigenvalue weighted by atomic mass is 16.6. The van der Waals surface area contributed by atoms with Crippen LogP contribution in [0.5, 0.6) is 17.2 Å². The predicted molar refractivity (Wildman–Crippen MR) is 55.3 cm³/mol. The van der Waals surface area contributed by atoms with Crippen LogP contribution >= 0.6 is 0 Å². The average molecular weight is 196 g/mol. The van der Waals surface area contributed by atoms with E-state index in [9.17, 15) is 0 Å². The molecule has 1 aromatic rings. The van der Waals surface area contributed by atoms with Gasteiger partial charge in [-0.3, -0.25) is 0 Å². The van der Waals surface area contributed by atoms with Gasteiger partial charge in [-0.15, -0.1) is 0 Å². The third-order valence-electron chi connectivity index (χ3n) is 1.75. The lowest BCUT2D eigenvalue weighted by atomic mass is 10.3. The summed E-state index contributed by atoms with van der Waals surface area (Å²) in [7, 11) is 1.63. The van der Waals surface area contributed by atoms with Crippen molar-refractivity contribution >= 4 is 0 Å². The van der Waals surface area contributed by atoms with Gasteiger partial charge in [-0.1, -0.05) is 13.8 Å². The lowest BCUT2D eigenvalue weighted by molar-refractivity contribution is 0.171. The molecule has 1 aliphatic heterocycles. The van der Waals surface area contributed by atoms with E-state index in [4.69, 9.17) is 14.2 Å². The van der Waals surface area contributed by atoms with Gasteiger partial charge in [-0.25, -0.2) is 0 Å². The first-order valence-electron chi connectivity index (χ1n) is 4.84. The number of hydrogen-bond acceptors (Lipinski definition) is 3. The second-order valence-corrected chi connectivity index (χ2v) is 2.51. The zero-order valence-electron chi connectivity index (χ0n) is 8.87. The van der Waals surface area contributed by atoms with Crippen LogP contribution in [0.2, 0.25) is 0 Å². The molecule has 1 heterocycles. The Morgan fingerprint density at radius 3 is 2.36 bits per heavy atom. The minimum Gasteiger partial charge on any atom is -0.497 e. The number of methoxy groups -OCH3 is 1. The maximum atomic E-state index is 5.36. The Kier molecular flexibility index (Phi) is 4.11. The molecule has 0 amide bonds. The summed E-state index contributed by atoms with van der Waals surface area (Å²) in [6.45, 7) is 5.24. The Bertz CT molecular complexity index is 284. The normalized spacial score (nSPS) is 12.5. The summed E-state index contributed by atoms with van der Waals surface area (Å²) in [4.78, 5) is 0. The van der Waals surface area contributed by atoms with Crippen molar-refractivity contribution in [3.05, 3.63) is 18.2 Å². The largest absolute Gasteiger partial charge is 0.497 e. The summed E-state index contributed by atoms with van der Waals surface area (Å²) in [5.74, 6) is 2.35. The molecule has 0 radical (unpaired) electrons. The van der Waals surface area contributed by atoms with Gasteiger partial charge < -0.3 is 14.2 Å². The van der Waals surface area contributed by atoms with Crippen LogP contribution in [0.3, 0.4) is 0 Å². The number of fused-ring (bicyclic) bond motifs is 1. The summed E-state index contributed by atoms with van der Waals surface area (Å²) < 4.78 is 15.7. The highest BCUT2D eigenvalue weighted by Gasteiger charge is 2.11. The van der Waals surface area contributed by atoms with Crippen LogP contribution in [-0.4, -0.2) is 20.3 Å². The summed E-state index contributed by atoms with van der Waals surface area (Å²) in [6, 6.07) is 5.54. The van der Waals surface area contributed by atoms with Crippen molar-refractivity contribution in [2.24, 2.45) is 0 Å². The zero-order chi connectivity index (χ0) is 10.4. The van der Waals surface area contributed by atoms with Gasteiger partial charge in [0, 0.05) is 6.07 Å². The molecule has 0 unspecified atom stereocenters. The van der Waals surface area contributed by atoms with Gasteiger partial charge in [-0.05, 0) is 12.1 Å². The van der Waals surface area contributed by atoms with Gasteiger partial charge in [0.1, 0.15) is 19.0 Å². The van der Waals surface area contributed by atoms with E-state index in [2.05, 4.69) is 0 Å². The van der Waals surface area contributed by atoms with Crippen LogP contribution in [0.25, 0.3) is 0 Å². The predicted octanol–water partition coefficient (Wildman–Crippen LogP) is 2.49. The van der Waals surface area contributed by atoms with E-state index in [1.165, 1.54) is 0 Å². The highest BCUT2D eigenvalue weighted by molar-refractivity contribution is 5.46. The molecule has 78 valence electrons. The van der Waals surface area contributed by atoms with E-state index in [0.29, 0.717) is 13.2 Å². The fourth-order valence-electron chi connectivity index (χ4n) is 1.15. The first-order valence-corrected chi connectivity index (χ1v) is 4.84. The quantitative estimate of drug-likeness (QED) is 0.690. The molecule has 0 aliphatic carbocycles. The van der Waals surface area contributed by atoms with Crippen molar-refractivity contribution in [3.63, 3.8) is 0 Å². The molecule has 3 nitrogen and oxygen atoms in total. The summed E-state index contributed by atoms with van der Waals surface area (Å²) >= 11 is 0. The molecule has 0 atom stereocenters. The zero-order valence-corrected chi connectivity index (χ0v) is 8.87. The van der Waals surface area contributed by atoms with Crippen molar-refractivity contribution < 1.29 is 14.2 Å². The van der Waals surface area contributed by atoms with Gasteiger partial charge in [0.25, 0.3) is 0 Å². The molecule has 1 aliphatic rings. The fourth-order valence-corrected chi connectivity index (χ4v) is 1.15. The van der Waals surface area contributed by atoms with Crippen LogP contribution in [0.15, 0.2) is 18.2 Å². The third-order valence-corrected chi connectivity index (χ3v) is 1.75. The smallest absolute Gasteiger partial charge is 0.165 e. The standard InChI is InChI=1S/C9H10O3.C2H6/c1-10-7-2-3-8-9(6-7)12-5-4-11-8;1-2/h2-3,6H,4-5H2,1H3;1-2H3. The van der Waals surface area contributed by atoms with E-state index >= 15 is 0 Å². The van der Waals surface area contributed by atoms with Crippen molar-refractivity contribution in [2.75, 3.05) is 20.3 Å². The lowest BCUT2D eigenvalue weighted by Gasteiger charge is -2.18. The summed E-state index contributed by atoms with van der Waals surface area (Å²) in [5.41, 5.74) is 0. The highest BCUT2D eigenvalue weighted by Crippen LogP contribution is 2.33. The summed E-state index contributed by atoms with van der Waals surface area (Å²) in [5, 5.41) is 0. The summed E-state index contributed by atoms with van der Waals surface area (Å²) in [6.07, 6.45) is 0. The number of rotatable bonds is 1. The molecule has 0 saturated carbocycles. The van der Waals surface area contributed by atoms with Gasteiger partial charge >= 0.3 is 0 Å². The molecule has 0 bridgehead atoms. The minimum atomic E-state index is 0.611. The van der Waals surface area contributed by atoms with E-state index in [1.807, 2.05) is 32.0 Å². The van der Waals surface area contributed by atoms with Crippen LogP contribution in [0, 0.1) is 0 Å². The third kappa shape index (κ3) is 2.31. The average Bonchev–Trinajstić information content (AvgIpc) is 2.31. The molecule has 1 aromatic carbocycles. The number of hydrogen-bond donors (Lipinski definition) is 0. The van der Waals surface area contributed by atoms with E-state index in [1.54, 1.807) is 7.11 Å². The molecule has 0 saturated heterocycles. The number of ether oxygens (including phenoxy) is 3. The molecule has 0 aromatic heterocycles. The molecule has 3 heteroatoms. The molecule has 0 spiro atoms. The van der Waals surface area contributed by atoms with Gasteiger partial charge in [0.05, 0.1) is 7.11 Å². The lowest BCUT2D eigenvalue weighted by Crippen LogP contribution is -2.15. The molecular weight excluding hydrogens is 180 g/mol. The SMILES string of the molecule is CC.COc1ccc2c(c1)OCCO2.